The molecule has 1 fully saturated rings. The van der Waals surface area contributed by atoms with Crippen molar-refractivity contribution in [3.8, 4) is 11.3 Å². The quantitative estimate of drug-likeness (QED) is 0.459. The molecule has 162 valence electrons. The van der Waals surface area contributed by atoms with E-state index in [4.69, 9.17) is 9.52 Å². The second kappa shape index (κ2) is 8.20. The van der Waals surface area contributed by atoms with Gasteiger partial charge in [-0.3, -0.25) is 14.7 Å². The number of carbonyl (C=O) groups is 1. The van der Waals surface area contributed by atoms with Crippen LogP contribution < -0.4 is 0 Å². The molecule has 5 nitrogen and oxygen atoms in total. The van der Waals surface area contributed by atoms with Crippen LogP contribution in [0.2, 0.25) is 0 Å². The number of nitrogens with zero attached hydrogens (tertiary/aromatic N) is 2. The summed E-state index contributed by atoms with van der Waals surface area (Å²) < 4.78 is 20.8. The Balaban J connectivity index is 1.34. The third-order valence-corrected chi connectivity index (χ3v) is 6.30. The Morgan fingerprint density at radius 2 is 2.00 bits per heavy atom. The fourth-order valence-corrected chi connectivity index (χ4v) is 4.35. The molecule has 2 aromatic carbocycles. The molecule has 1 aliphatic rings. The van der Waals surface area contributed by atoms with Gasteiger partial charge in [0.15, 0.2) is 0 Å². The van der Waals surface area contributed by atoms with Crippen molar-refractivity contribution in [1.82, 2.24) is 9.88 Å². The molecule has 0 spiro atoms. The standard InChI is InChI=1S/C26H23FN2O3/c1-16-22(26(30)31)15-29(16)14-19-4-6-21(23(27)11-19)25-12-20-10-17(5-7-24(20)32-25)9-18-3-2-8-28-13-18/h2-8,10-13,16,22H,9,14-15H2,1H3,(H,30,31). The summed E-state index contributed by atoms with van der Waals surface area (Å²) in [6.07, 6.45) is 4.38. The maximum atomic E-state index is 14.9. The maximum absolute atomic E-state index is 14.9. The molecular weight excluding hydrogens is 407 g/mol. The van der Waals surface area contributed by atoms with Crippen LogP contribution in [-0.2, 0) is 17.8 Å². The predicted molar refractivity (Wildman–Crippen MR) is 120 cm³/mol. The van der Waals surface area contributed by atoms with Crippen LogP contribution in [0, 0.1) is 11.7 Å². The van der Waals surface area contributed by atoms with Crippen LogP contribution in [0.3, 0.4) is 0 Å². The van der Waals surface area contributed by atoms with Gasteiger partial charge < -0.3 is 9.52 Å². The molecule has 2 aromatic heterocycles. The number of benzene rings is 2. The molecule has 2 atom stereocenters. The number of rotatable bonds is 6. The SMILES string of the molecule is CC1C(C(=O)O)CN1Cc1ccc(-c2cc3cc(Cc4cccnc4)ccc3o2)c(F)c1. The average Bonchev–Trinajstić information content (AvgIpc) is 3.19. The average molecular weight is 430 g/mol. The topological polar surface area (TPSA) is 66.6 Å². The van der Waals surface area contributed by atoms with Gasteiger partial charge in [-0.05, 0) is 66.4 Å². The van der Waals surface area contributed by atoms with Gasteiger partial charge in [0.2, 0.25) is 0 Å². The number of aliphatic carboxylic acids is 1. The molecule has 0 bridgehead atoms. The molecular formula is C26H23FN2O3. The fraction of sp³-hybridized carbons (Fsp3) is 0.231. The molecule has 0 amide bonds. The fourth-order valence-electron chi connectivity index (χ4n) is 4.35. The highest BCUT2D eigenvalue weighted by atomic mass is 19.1. The highest BCUT2D eigenvalue weighted by molar-refractivity contribution is 5.83. The van der Waals surface area contributed by atoms with E-state index < -0.39 is 5.97 Å². The third kappa shape index (κ3) is 3.89. The molecule has 4 aromatic rings. The molecule has 0 radical (unpaired) electrons. The van der Waals surface area contributed by atoms with E-state index in [0.717, 1.165) is 28.5 Å². The summed E-state index contributed by atoms with van der Waals surface area (Å²) in [6, 6.07) is 16.9. The molecule has 0 saturated carbocycles. The molecule has 5 rings (SSSR count). The minimum absolute atomic E-state index is 0.0496. The van der Waals surface area contributed by atoms with Gasteiger partial charge in [0.25, 0.3) is 0 Å². The summed E-state index contributed by atoms with van der Waals surface area (Å²) in [7, 11) is 0. The van der Waals surface area contributed by atoms with E-state index in [-0.39, 0.29) is 17.8 Å². The first-order valence-corrected chi connectivity index (χ1v) is 10.6. The van der Waals surface area contributed by atoms with Gasteiger partial charge >= 0.3 is 5.97 Å². The lowest BCUT2D eigenvalue weighted by Crippen LogP contribution is -2.56. The Kier molecular flexibility index (Phi) is 5.23. The molecule has 32 heavy (non-hydrogen) atoms. The highest BCUT2D eigenvalue weighted by Gasteiger charge is 2.40. The number of pyridine rings is 1. The Hall–Kier alpha value is -3.51. The van der Waals surface area contributed by atoms with Crippen LogP contribution in [0.5, 0.6) is 0 Å². The van der Waals surface area contributed by atoms with E-state index in [1.807, 2.05) is 54.4 Å². The van der Waals surface area contributed by atoms with Crippen molar-refractivity contribution >= 4 is 16.9 Å². The van der Waals surface area contributed by atoms with Gasteiger partial charge in [0, 0.05) is 36.9 Å². The zero-order valence-corrected chi connectivity index (χ0v) is 17.7. The minimum Gasteiger partial charge on any atom is -0.481 e. The normalized spacial score (nSPS) is 18.6. The van der Waals surface area contributed by atoms with Gasteiger partial charge in [-0.15, -0.1) is 0 Å². The lowest BCUT2D eigenvalue weighted by molar-refractivity contribution is -0.152. The zero-order chi connectivity index (χ0) is 22.2. The lowest BCUT2D eigenvalue weighted by atomic mass is 9.89. The van der Waals surface area contributed by atoms with Crippen LogP contribution >= 0.6 is 0 Å². The van der Waals surface area contributed by atoms with Crippen molar-refractivity contribution < 1.29 is 18.7 Å². The number of likely N-dealkylation sites (tertiary alicyclic amines) is 1. The minimum atomic E-state index is -0.774. The molecule has 3 heterocycles. The Morgan fingerprint density at radius 1 is 1.16 bits per heavy atom. The number of hydrogen-bond donors (Lipinski definition) is 1. The molecule has 1 aliphatic heterocycles. The first kappa shape index (κ1) is 20.4. The lowest BCUT2D eigenvalue weighted by Gasteiger charge is -2.44. The third-order valence-electron chi connectivity index (χ3n) is 6.30. The summed E-state index contributed by atoms with van der Waals surface area (Å²) in [5.41, 5.74) is 4.21. The van der Waals surface area contributed by atoms with Crippen molar-refractivity contribution in [3.05, 3.63) is 89.5 Å². The van der Waals surface area contributed by atoms with Gasteiger partial charge in [-0.2, -0.15) is 0 Å². The number of aromatic nitrogens is 1. The molecule has 1 saturated heterocycles. The van der Waals surface area contributed by atoms with Crippen molar-refractivity contribution in [2.45, 2.75) is 25.9 Å². The second-order valence-corrected chi connectivity index (χ2v) is 8.45. The van der Waals surface area contributed by atoms with Gasteiger partial charge in [0.05, 0.1) is 11.5 Å². The highest BCUT2D eigenvalue weighted by Crippen LogP contribution is 2.32. The van der Waals surface area contributed by atoms with E-state index >= 15 is 0 Å². The largest absolute Gasteiger partial charge is 0.481 e. The Labute approximate surface area is 185 Å². The summed E-state index contributed by atoms with van der Waals surface area (Å²) >= 11 is 0. The molecule has 6 heteroatoms. The maximum Gasteiger partial charge on any atom is 0.309 e. The number of carboxylic acids is 1. The Bertz CT molecular complexity index is 1280. The smallest absolute Gasteiger partial charge is 0.309 e. The monoisotopic (exact) mass is 430 g/mol. The van der Waals surface area contributed by atoms with E-state index in [2.05, 4.69) is 11.1 Å². The van der Waals surface area contributed by atoms with Crippen LogP contribution in [0.25, 0.3) is 22.3 Å². The van der Waals surface area contributed by atoms with Crippen molar-refractivity contribution in [3.63, 3.8) is 0 Å². The number of furan rings is 1. The van der Waals surface area contributed by atoms with E-state index in [1.165, 1.54) is 6.07 Å². The number of halogens is 1. The van der Waals surface area contributed by atoms with Gasteiger partial charge in [-0.25, -0.2) is 4.39 Å². The van der Waals surface area contributed by atoms with Crippen molar-refractivity contribution in [2.24, 2.45) is 5.92 Å². The number of fused-ring (bicyclic) bond motifs is 1. The summed E-state index contributed by atoms with van der Waals surface area (Å²) in [4.78, 5) is 17.3. The van der Waals surface area contributed by atoms with Crippen molar-refractivity contribution in [1.29, 1.82) is 0 Å². The first-order chi connectivity index (χ1) is 15.5. The van der Waals surface area contributed by atoms with E-state index in [1.54, 1.807) is 12.3 Å². The summed E-state index contributed by atoms with van der Waals surface area (Å²) in [6.45, 7) is 2.91. The van der Waals surface area contributed by atoms with Crippen LogP contribution in [0.4, 0.5) is 4.39 Å². The van der Waals surface area contributed by atoms with Gasteiger partial charge in [0.1, 0.15) is 17.2 Å². The zero-order valence-electron chi connectivity index (χ0n) is 17.7. The van der Waals surface area contributed by atoms with E-state index in [0.29, 0.717) is 30.0 Å². The molecule has 0 aliphatic carbocycles. The van der Waals surface area contributed by atoms with Crippen molar-refractivity contribution in [2.75, 3.05) is 6.54 Å². The molecule has 2 unspecified atom stereocenters. The number of carboxylic acid groups (broad SMARTS) is 1. The summed E-state index contributed by atoms with van der Waals surface area (Å²) in [5, 5.41) is 10.1. The van der Waals surface area contributed by atoms with E-state index in [9.17, 15) is 9.18 Å². The summed E-state index contributed by atoms with van der Waals surface area (Å²) in [5.74, 6) is -0.979. The Morgan fingerprint density at radius 3 is 2.72 bits per heavy atom. The second-order valence-electron chi connectivity index (χ2n) is 8.45. The number of hydrogen-bond acceptors (Lipinski definition) is 4. The van der Waals surface area contributed by atoms with Gasteiger partial charge in [-0.1, -0.05) is 18.2 Å². The first-order valence-electron chi connectivity index (χ1n) is 10.6. The van der Waals surface area contributed by atoms with Crippen LogP contribution in [0.15, 0.2) is 71.4 Å². The predicted octanol–water partition coefficient (Wildman–Crippen LogP) is 5.13. The van der Waals surface area contributed by atoms with Crippen LogP contribution in [0.1, 0.15) is 23.6 Å². The molecule has 1 N–H and O–H groups in total. The van der Waals surface area contributed by atoms with Crippen LogP contribution in [-0.4, -0.2) is 33.5 Å².